The van der Waals surface area contributed by atoms with Crippen LogP contribution in [0.25, 0.3) is 22.1 Å². The van der Waals surface area contributed by atoms with Crippen molar-refractivity contribution in [2.45, 2.75) is 25.4 Å². The van der Waals surface area contributed by atoms with Crippen LogP contribution in [0, 0.1) is 0 Å². The Labute approximate surface area is 166 Å². The highest BCUT2D eigenvalue weighted by Crippen LogP contribution is 2.34. The second-order valence-corrected chi connectivity index (χ2v) is 6.92. The molecule has 0 saturated carbocycles. The number of hydrogen-bond donors (Lipinski definition) is 1. The molecule has 2 aromatic carbocycles. The quantitative estimate of drug-likeness (QED) is 0.562. The first-order valence-electron chi connectivity index (χ1n) is 9.62. The van der Waals surface area contributed by atoms with Crippen molar-refractivity contribution in [2.75, 3.05) is 6.54 Å². The molecule has 1 fully saturated rings. The second kappa shape index (κ2) is 7.43. The average molecular weight is 389 g/mol. The van der Waals surface area contributed by atoms with Crippen LogP contribution in [0.2, 0.25) is 0 Å². The van der Waals surface area contributed by atoms with Gasteiger partial charge < -0.3 is 19.2 Å². The predicted molar refractivity (Wildman–Crippen MR) is 107 cm³/mol. The number of hydrogen-bond acceptors (Lipinski definition) is 6. The van der Waals surface area contributed by atoms with E-state index in [2.05, 4.69) is 15.3 Å². The van der Waals surface area contributed by atoms with Crippen LogP contribution in [0.3, 0.4) is 0 Å². The number of carbonyl (C=O) groups is 1. The minimum atomic E-state index is -0.457. The molecule has 1 aliphatic heterocycles. The fraction of sp³-hybridized carbons (Fsp3) is 0.227. The Bertz CT molecular complexity index is 1170. The van der Waals surface area contributed by atoms with Gasteiger partial charge in [-0.05, 0) is 55.7 Å². The predicted octanol–water partition coefficient (Wildman–Crippen LogP) is 4.22. The molecule has 0 aliphatic carbocycles. The van der Waals surface area contributed by atoms with E-state index in [9.17, 15) is 4.79 Å². The van der Waals surface area contributed by atoms with Gasteiger partial charge in [0.2, 0.25) is 5.58 Å². The van der Waals surface area contributed by atoms with Gasteiger partial charge in [-0.2, -0.15) is 4.98 Å². The molecular weight excluding hydrogens is 370 g/mol. The number of nitrogens with zero attached hydrogens (tertiary/aromatic N) is 2. The van der Waals surface area contributed by atoms with E-state index in [0.29, 0.717) is 35.0 Å². The summed E-state index contributed by atoms with van der Waals surface area (Å²) in [5, 5.41) is 3.79. The number of benzene rings is 2. The Balaban J connectivity index is 1.36. The van der Waals surface area contributed by atoms with Crippen molar-refractivity contribution < 1.29 is 18.7 Å². The van der Waals surface area contributed by atoms with E-state index in [-0.39, 0.29) is 5.91 Å². The molecule has 1 amide bonds. The standard InChI is InChI=1S/C22H19N3O4/c26-21-18(7-3-4-12-23-21)27-14-8-10-15(11-9-14)28-22-20-19(24-13-25-22)16-5-1-2-6-17(16)29-20/h1-2,5-6,8-11,13,18H,3-4,7,12H2,(H,23,26). The van der Waals surface area contributed by atoms with E-state index in [1.54, 1.807) is 24.3 Å². The van der Waals surface area contributed by atoms with Gasteiger partial charge in [-0.25, -0.2) is 4.98 Å². The van der Waals surface area contributed by atoms with Crippen molar-refractivity contribution >= 4 is 28.0 Å². The number of aromatic nitrogens is 2. The second-order valence-electron chi connectivity index (χ2n) is 6.92. The number of nitrogens with one attached hydrogen (secondary N) is 1. The highest BCUT2D eigenvalue weighted by atomic mass is 16.5. The first kappa shape index (κ1) is 17.5. The van der Waals surface area contributed by atoms with E-state index in [1.807, 2.05) is 24.3 Å². The van der Waals surface area contributed by atoms with Crippen LogP contribution in [0.1, 0.15) is 19.3 Å². The molecule has 7 heteroatoms. The van der Waals surface area contributed by atoms with Crippen molar-refractivity contribution in [2.24, 2.45) is 0 Å². The lowest BCUT2D eigenvalue weighted by atomic mass is 10.2. The molecule has 1 saturated heterocycles. The van der Waals surface area contributed by atoms with Crippen molar-refractivity contribution in [3.05, 3.63) is 54.9 Å². The monoisotopic (exact) mass is 389 g/mol. The van der Waals surface area contributed by atoms with Crippen molar-refractivity contribution in [3.8, 4) is 17.4 Å². The molecule has 4 aromatic rings. The number of ether oxygens (including phenoxy) is 2. The lowest BCUT2D eigenvalue weighted by Crippen LogP contribution is -2.36. The first-order chi connectivity index (χ1) is 14.3. The Morgan fingerprint density at radius 1 is 1.00 bits per heavy atom. The van der Waals surface area contributed by atoms with Crippen molar-refractivity contribution in [1.82, 2.24) is 15.3 Å². The van der Waals surface area contributed by atoms with Gasteiger partial charge in [0.05, 0.1) is 0 Å². The van der Waals surface area contributed by atoms with E-state index in [1.165, 1.54) is 6.33 Å². The lowest BCUT2D eigenvalue weighted by molar-refractivity contribution is -0.127. The van der Waals surface area contributed by atoms with Gasteiger partial charge in [0, 0.05) is 11.9 Å². The smallest absolute Gasteiger partial charge is 0.267 e. The zero-order valence-corrected chi connectivity index (χ0v) is 15.6. The minimum absolute atomic E-state index is 0.0592. The lowest BCUT2D eigenvalue weighted by Gasteiger charge is -2.16. The molecule has 1 aliphatic rings. The van der Waals surface area contributed by atoms with Crippen LogP contribution < -0.4 is 14.8 Å². The van der Waals surface area contributed by atoms with E-state index in [4.69, 9.17) is 13.9 Å². The largest absolute Gasteiger partial charge is 0.481 e. The van der Waals surface area contributed by atoms with Gasteiger partial charge in [0.15, 0.2) is 6.10 Å². The van der Waals surface area contributed by atoms with Gasteiger partial charge in [-0.3, -0.25) is 4.79 Å². The van der Waals surface area contributed by atoms with Crippen molar-refractivity contribution in [1.29, 1.82) is 0 Å². The number of para-hydroxylation sites is 1. The molecular formula is C22H19N3O4. The zero-order chi connectivity index (χ0) is 19.6. The summed E-state index contributed by atoms with van der Waals surface area (Å²) in [6, 6.07) is 14.8. The number of furan rings is 1. The third kappa shape index (κ3) is 3.47. The van der Waals surface area contributed by atoms with Crippen molar-refractivity contribution in [3.63, 3.8) is 0 Å². The number of fused-ring (bicyclic) bond motifs is 3. The highest BCUT2D eigenvalue weighted by Gasteiger charge is 2.22. The van der Waals surface area contributed by atoms with Crippen LogP contribution in [-0.2, 0) is 4.79 Å². The SMILES string of the molecule is O=C1NCCCCC1Oc1ccc(Oc2ncnc3c2oc2ccccc23)cc1. The van der Waals surface area contributed by atoms with Crippen LogP contribution in [0.4, 0.5) is 0 Å². The number of rotatable bonds is 4. The Hall–Kier alpha value is -3.61. The molecule has 2 aromatic heterocycles. The van der Waals surface area contributed by atoms with E-state index < -0.39 is 6.10 Å². The Kier molecular flexibility index (Phi) is 4.48. The summed E-state index contributed by atoms with van der Waals surface area (Å²) in [5.74, 6) is 1.50. The molecule has 1 atom stereocenters. The van der Waals surface area contributed by atoms with Gasteiger partial charge in [0.25, 0.3) is 11.8 Å². The molecule has 5 rings (SSSR count). The fourth-order valence-electron chi connectivity index (χ4n) is 3.46. The third-order valence-electron chi connectivity index (χ3n) is 4.93. The Morgan fingerprint density at radius 2 is 1.83 bits per heavy atom. The molecule has 3 heterocycles. The summed E-state index contributed by atoms with van der Waals surface area (Å²) in [5.41, 5.74) is 1.95. The fourth-order valence-corrected chi connectivity index (χ4v) is 3.46. The topological polar surface area (TPSA) is 86.5 Å². The number of carbonyl (C=O) groups excluding carboxylic acids is 1. The maximum atomic E-state index is 12.0. The summed E-state index contributed by atoms with van der Waals surface area (Å²) in [6.07, 6.45) is 3.66. The summed E-state index contributed by atoms with van der Waals surface area (Å²) in [7, 11) is 0. The molecule has 1 N–H and O–H groups in total. The molecule has 146 valence electrons. The average Bonchev–Trinajstić information content (AvgIpc) is 3.02. The molecule has 0 bridgehead atoms. The van der Waals surface area contributed by atoms with Crippen LogP contribution in [0.5, 0.6) is 17.4 Å². The van der Waals surface area contributed by atoms with E-state index in [0.717, 1.165) is 30.2 Å². The van der Waals surface area contributed by atoms with E-state index >= 15 is 0 Å². The molecule has 7 nitrogen and oxygen atoms in total. The Morgan fingerprint density at radius 3 is 2.72 bits per heavy atom. The molecule has 29 heavy (non-hydrogen) atoms. The zero-order valence-electron chi connectivity index (χ0n) is 15.6. The third-order valence-corrected chi connectivity index (χ3v) is 4.93. The van der Waals surface area contributed by atoms with Gasteiger partial charge >= 0.3 is 0 Å². The van der Waals surface area contributed by atoms with Gasteiger partial charge in [-0.15, -0.1) is 0 Å². The maximum absolute atomic E-state index is 12.0. The maximum Gasteiger partial charge on any atom is 0.267 e. The normalized spacial score (nSPS) is 17.1. The number of amides is 1. The van der Waals surface area contributed by atoms with Crippen LogP contribution >= 0.6 is 0 Å². The van der Waals surface area contributed by atoms with Crippen LogP contribution in [0.15, 0.2) is 59.3 Å². The highest BCUT2D eigenvalue weighted by molar-refractivity contribution is 6.03. The van der Waals surface area contributed by atoms with Gasteiger partial charge in [-0.1, -0.05) is 12.1 Å². The molecule has 1 unspecified atom stereocenters. The summed E-state index contributed by atoms with van der Waals surface area (Å²) in [6.45, 7) is 0.709. The summed E-state index contributed by atoms with van der Waals surface area (Å²) < 4.78 is 17.7. The van der Waals surface area contributed by atoms with Gasteiger partial charge in [0.1, 0.15) is 28.9 Å². The molecule has 0 spiro atoms. The summed E-state index contributed by atoms with van der Waals surface area (Å²) in [4.78, 5) is 20.6. The minimum Gasteiger partial charge on any atom is -0.481 e. The first-order valence-corrected chi connectivity index (χ1v) is 9.62. The summed E-state index contributed by atoms with van der Waals surface area (Å²) >= 11 is 0. The van der Waals surface area contributed by atoms with Crippen LogP contribution in [-0.4, -0.2) is 28.5 Å². The molecule has 0 radical (unpaired) electrons.